The summed E-state index contributed by atoms with van der Waals surface area (Å²) in [6, 6.07) is 7.99. The molecular weight excluding hydrogens is 300 g/mol. The molecule has 0 aliphatic rings. The number of aryl methyl sites for hydroxylation is 1. The maximum atomic E-state index is 11.8. The van der Waals surface area contributed by atoms with Crippen molar-refractivity contribution in [2.45, 2.75) is 26.0 Å². The van der Waals surface area contributed by atoms with Gasteiger partial charge in [-0.1, -0.05) is 30.3 Å². The molecule has 0 radical (unpaired) electrons. The van der Waals surface area contributed by atoms with Crippen molar-refractivity contribution < 1.29 is 19.4 Å². The van der Waals surface area contributed by atoms with Gasteiger partial charge in [0.25, 0.3) is 0 Å². The quantitative estimate of drug-likeness (QED) is 0.824. The Hall–Kier alpha value is -2.90. The monoisotopic (exact) mass is 318 g/mol. The molecule has 1 unspecified atom stereocenters. The van der Waals surface area contributed by atoms with E-state index < -0.39 is 18.1 Å². The summed E-state index contributed by atoms with van der Waals surface area (Å²) in [7, 11) is 1.73. The number of aliphatic carboxylic acids is 1. The van der Waals surface area contributed by atoms with Crippen LogP contribution in [0.2, 0.25) is 0 Å². The Bertz CT molecular complexity index is 684. The van der Waals surface area contributed by atoms with Gasteiger partial charge >= 0.3 is 12.1 Å². The highest BCUT2D eigenvalue weighted by atomic mass is 16.5. The average molecular weight is 318 g/mol. The zero-order chi connectivity index (χ0) is 16.8. The van der Waals surface area contributed by atoms with E-state index in [0.717, 1.165) is 5.56 Å². The van der Waals surface area contributed by atoms with E-state index in [9.17, 15) is 14.7 Å². The third kappa shape index (κ3) is 4.53. The molecule has 122 valence electrons. The van der Waals surface area contributed by atoms with Crippen LogP contribution in [0.15, 0.2) is 30.3 Å². The number of nitrogens with zero attached hydrogens (tertiary/aromatic N) is 3. The lowest BCUT2D eigenvalue weighted by Crippen LogP contribution is -2.43. The maximum Gasteiger partial charge on any atom is 0.408 e. The minimum Gasteiger partial charge on any atom is -0.480 e. The highest BCUT2D eigenvalue weighted by Gasteiger charge is 2.23. The van der Waals surface area contributed by atoms with Crippen molar-refractivity contribution in [3.05, 3.63) is 47.5 Å². The predicted octanol–water partition coefficient (Wildman–Crippen LogP) is 1.05. The standard InChI is InChI=1S/C15H18N4O4/c1-10-17-18-13(19(10)2)8-12(14(20)21)16-15(22)23-9-11-6-4-3-5-7-11/h3-7,12H,8-9H2,1-2H3,(H,16,22)(H,20,21). The normalized spacial score (nSPS) is 11.7. The molecule has 8 heteroatoms. The van der Waals surface area contributed by atoms with Crippen molar-refractivity contribution in [1.29, 1.82) is 0 Å². The minimum atomic E-state index is -1.16. The Kier molecular flexibility index (Phi) is 5.29. The highest BCUT2D eigenvalue weighted by Crippen LogP contribution is 2.04. The first-order valence-electron chi connectivity index (χ1n) is 7.02. The number of alkyl carbamates (subject to hydrolysis) is 1. The molecule has 1 amide bonds. The predicted molar refractivity (Wildman–Crippen MR) is 80.6 cm³/mol. The van der Waals surface area contributed by atoms with Crippen LogP contribution in [0.1, 0.15) is 17.2 Å². The second-order valence-corrected chi connectivity index (χ2v) is 5.02. The van der Waals surface area contributed by atoms with Gasteiger partial charge in [0.2, 0.25) is 0 Å². The van der Waals surface area contributed by atoms with Crippen LogP contribution < -0.4 is 5.32 Å². The molecule has 1 heterocycles. The van der Waals surface area contributed by atoms with E-state index in [0.29, 0.717) is 11.6 Å². The van der Waals surface area contributed by atoms with Gasteiger partial charge in [-0.3, -0.25) is 0 Å². The van der Waals surface area contributed by atoms with Crippen LogP contribution in [-0.2, 0) is 29.6 Å². The molecule has 2 N–H and O–H groups in total. The fourth-order valence-corrected chi connectivity index (χ4v) is 1.92. The van der Waals surface area contributed by atoms with Gasteiger partial charge in [-0.25, -0.2) is 9.59 Å². The summed E-state index contributed by atoms with van der Waals surface area (Å²) in [6.07, 6.45) is -0.771. The first-order chi connectivity index (χ1) is 11.0. The summed E-state index contributed by atoms with van der Waals surface area (Å²) in [6.45, 7) is 1.83. The van der Waals surface area contributed by atoms with Crippen LogP contribution in [0.4, 0.5) is 4.79 Å². The Morgan fingerprint density at radius 1 is 1.30 bits per heavy atom. The van der Waals surface area contributed by atoms with Crippen molar-refractivity contribution in [3.63, 3.8) is 0 Å². The number of carbonyl (C=O) groups excluding carboxylic acids is 1. The van der Waals surface area contributed by atoms with Crippen molar-refractivity contribution in [2.24, 2.45) is 7.05 Å². The molecule has 0 saturated heterocycles. The SMILES string of the molecule is Cc1nnc(CC(NC(=O)OCc2ccccc2)C(=O)O)n1C. The number of carbonyl (C=O) groups is 2. The number of benzene rings is 1. The number of carboxylic acid groups (broad SMARTS) is 1. The smallest absolute Gasteiger partial charge is 0.408 e. The number of hydrogen-bond acceptors (Lipinski definition) is 5. The fraction of sp³-hybridized carbons (Fsp3) is 0.333. The molecule has 8 nitrogen and oxygen atoms in total. The summed E-state index contributed by atoms with van der Waals surface area (Å²) in [5, 5.41) is 19.3. The molecule has 1 atom stereocenters. The van der Waals surface area contributed by atoms with Crippen molar-refractivity contribution in [3.8, 4) is 0 Å². The molecule has 2 rings (SSSR count). The molecule has 0 saturated carbocycles. The molecule has 23 heavy (non-hydrogen) atoms. The molecular formula is C15H18N4O4. The van der Waals surface area contributed by atoms with Crippen molar-refractivity contribution in [1.82, 2.24) is 20.1 Å². The second kappa shape index (κ2) is 7.39. The van der Waals surface area contributed by atoms with Crippen molar-refractivity contribution in [2.75, 3.05) is 0 Å². The molecule has 0 bridgehead atoms. The number of nitrogens with one attached hydrogen (secondary N) is 1. The van der Waals surface area contributed by atoms with Crippen LogP contribution >= 0.6 is 0 Å². The topological polar surface area (TPSA) is 106 Å². The Morgan fingerprint density at radius 3 is 2.57 bits per heavy atom. The lowest BCUT2D eigenvalue weighted by atomic mass is 10.2. The average Bonchev–Trinajstić information content (AvgIpc) is 2.85. The number of ether oxygens (including phenoxy) is 1. The largest absolute Gasteiger partial charge is 0.480 e. The van der Waals surface area contributed by atoms with Gasteiger partial charge in [-0.05, 0) is 12.5 Å². The van der Waals surface area contributed by atoms with E-state index in [-0.39, 0.29) is 13.0 Å². The summed E-state index contributed by atoms with van der Waals surface area (Å²) >= 11 is 0. The van der Waals surface area contributed by atoms with E-state index in [1.807, 2.05) is 30.3 Å². The maximum absolute atomic E-state index is 11.8. The second-order valence-electron chi connectivity index (χ2n) is 5.02. The highest BCUT2D eigenvalue weighted by molar-refractivity contribution is 5.80. The summed E-state index contributed by atoms with van der Waals surface area (Å²) in [4.78, 5) is 23.1. The van der Waals surface area contributed by atoms with Gasteiger partial charge in [0.1, 0.15) is 24.3 Å². The van der Waals surface area contributed by atoms with E-state index in [1.54, 1.807) is 18.5 Å². The Morgan fingerprint density at radius 2 is 2.00 bits per heavy atom. The molecule has 0 fully saturated rings. The zero-order valence-corrected chi connectivity index (χ0v) is 12.9. The Balaban J connectivity index is 1.92. The molecule has 2 aromatic rings. The number of amides is 1. The van der Waals surface area contributed by atoms with Gasteiger partial charge in [-0.15, -0.1) is 10.2 Å². The van der Waals surface area contributed by atoms with E-state index in [1.165, 1.54) is 0 Å². The number of hydrogen-bond donors (Lipinski definition) is 2. The van der Waals surface area contributed by atoms with Gasteiger partial charge in [0, 0.05) is 13.5 Å². The van der Waals surface area contributed by atoms with Crippen molar-refractivity contribution >= 4 is 12.1 Å². The van der Waals surface area contributed by atoms with Crippen LogP contribution in [0.25, 0.3) is 0 Å². The zero-order valence-electron chi connectivity index (χ0n) is 12.9. The lowest BCUT2D eigenvalue weighted by Gasteiger charge is -2.14. The molecule has 0 spiro atoms. The molecule has 1 aromatic heterocycles. The molecule has 1 aromatic carbocycles. The fourth-order valence-electron chi connectivity index (χ4n) is 1.92. The molecule has 0 aliphatic heterocycles. The van der Waals surface area contributed by atoms with E-state index in [4.69, 9.17) is 4.74 Å². The summed E-state index contributed by atoms with van der Waals surface area (Å²) in [5.74, 6) is -0.0311. The van der Waals surface area contributed by atoms with E-state index >= 15 is 0 Å². The van der Waals surface area contributed by atoms with Gasteiger partial charge in [-0.2, -0.15) is 0 Å². The van der Waals surface area contributed by atoms with Gasteiger partial charge in [0.15, 0.2) is 0 Å². The number of aromatic nitrogens is 3. The third-order valence-electron chi connectivity index (χ3n) is 3.37. The van der Waals surface area contributed by atoms with Gasteiger partial charge in [0.05, 0.1) is 0 Å². The third-order valence-corrected chi connectivity index (χ3v) is 3.37. The van der Waals surface area contributed by atoms with Gasteiger partial charge < -0.3 is 19.7 Å². The first kappa shape index (κ1) is 16.5. The summed E-state index contributed by atoms with van der Waals surface area (Å²) in [5.41, 5.74) is 0.818. The van der Waals surface area contributed by atoms with E-state index in [2.05, 4.69) is 15.5 Å². The number of carboxylic acids is 1. The minimum absolute atomic E-state index is 0.0209. The van der Waals surface area contributed by atoms with Crippen LogP contribution in [-0.4, -0.2) is 38.0 Å². The lowest BCUT2D eigenvalue weighted by molar-refractivity contribution is -0.139. The summed E-state index contributed by atoms with van der Waals surface area (Å²) < 4.78 is 6.70. The number of rotatable bonds is 6. The van der Waals surface area contributed by atoms with Crippen LogP contribution in [0.3, 0.4) is 0 Å². The van der Waals surface area contributed by atoms with Crippen LogP contribution in [0, 0.1) is 6.92 Å². The Labute approximate surface area is 133 Å². The first-order valence-corrected chi connectivity index (χ1v) is 7.02. The van der Waals surface area contributed by atoms with Crippen LogP contribution in [0.5, 0.6) is 0 Å². The molecule has 0 aliphatic carbocycles.